The minimum Gasteiger partial charge on any atom is -0.293 e. The van der Waals surface area contributed by atoms with Crippen LogP contribution in [0.3, 0.4) is 0 Å². The Hall–Kier alpha value is -3.24. The molecule has 0 saturated heterocycles. The van der Waals surface area contributed by atoms with Crippen LogP contribution in [0.1, 0.15) is 28.2 Å². The van der Waals surface area contributed by atoms with Crippen molar-refractivity contribution in [1.29, 1.82) is 0 Å². The normalized spacial score (nSPS) is 11.2. The molecule has 0 atom stereocenters. The molecule has 0 unspecified atom stereocenters. The number of aryl methyl sites for hydroxylation is 2. The van der Waals surface area contributed by atoms with Crippen molar-refractivity contribution < 1.29 is 0 Å². The Labute approximate surface area is 178 Å². The maximum atomic E-state index is 4.66. The standard InChI is InChI=1S/C26H28N4/c1-21-18-22(2)28-26(27-21)30-16-9-14-25(30)20-29(19-24-12-7-4-8-13-24)17-15-23-10-5-3-6-11-23/h3-14,16,18H,15,17,19-20H2,1-2H3. The molecule has 0 fully saturated rings. The molecular formula is C26H28N4. The monoisotopic (exact) mass is 396 g/mol. The summed E-state index contributed by atoms with van der Waals surface area (Å²) in [5.41, 5.74) is 5.86. The lowest BCUT2D eigenvalue weighted by molar-refractivity contribution is 0.255. The number of hydrogen-bond acceptors (Lipinski definition) is 3. The molecule has 0 aliphatic heterocycles. The Morgan fingerprint density at radius 1 is 0.733 bits per heavy atom. The summed E-state index contributed by atoms with van der Waals surface area (Å²) < 4.78 is 2.11. The molecule has 0 radical (unpaired) electrons. The van der Waals surface area contributed by atoms with Gasteiger partial charge >= 0.3 is 0 Å². The average Bonchev–Trinajstić information content (AvgIpc) is 3.21. The molecule has 0 saturated carbocycles. The fourth-order valence-electron chi connectivity index (χ4n) is 3.77. The summed E-state index contributed by atoms with van der Waals surface area (Å²) in [6.45, 7) is 6.77. The third-order valence-electron chi connectivity index (χ3n) is 5.21. The van der Waals surface area contributed by atoms with Crippen LogP contribution in [0.4, 0.5) is 0 Å². The Morgan fingerprint density at radius 2 is 1.37 bits per heavy atom. The van der Waals surface area contributed by atoms with Gasteiger partial charge in [-0.25, -0.2) is 9.97 Å². The predicted molar refractivity (Wildman–Crippen MR) is 122 cm³/mol. The van der Waals surface area contributed by atoms with E-state index in [1.165, 1.54) is 16.8 Å². The minimum absolute atomic E-state index is 0.746. The molecule has 4 rings (SSSR count). The van der Waals surface area contributed by atoms with Crippen molar-refractivity contribution in [2.45, 2.75) is 33.4 Å². The average molecular weight is 397 g/mol. The third-order valence-corrected chi connectivity index (χ3v) is 5.21. The molecule has 152 valence electrons. The van der Waals surface area contributed by atoms with Crippen molar-refractivity contribution in [3.63, 3.8) is 0 Å². The molecule has 2 heterocycles. The number of aromatic nitrogens is 3. The van der Waals surface area contributed by atoms with Gasteiger partial charge in [0.25, 0.3) is 0 Å². The molecule has 2 aromatic heterocycles. The third kappa shape index (κ3) is 5.22. The van der Waals surface area contributed by atoms with E-state index in [0.717, 1.165) is 43.4 Å². The SMILES string of the molecule is Cc1cc(C)nc(-n2cccc2CN(CCc2ccccc2)Cc2ccccc2)n1. The summed E-state index contributed by atoms with van der Waals surface area (Å²) in [6, 6.07) is 27.6. The van der Waals surface area contributed by atoms with E-state index in [4.69, 9.17) is 0 Å². The van der Waals surface area contributed by atoms with E-state index in [9.17, 15) is 0 Å². The highest BCUT2D eigenvalue weighted by atomic mass is 15.2. The maximum absolute atomic E-state index is 4.66. The molecule has 4 heteroatoms. The molecule has 4 nitrogen and oxygen atoms in total. The second-order valence-electron chi connectivity index (χ2n) is 7.75. The summed E-state index contributed by atoms with van der Waals surface area (Å²) >= 11 is 0. The largest absolute Gasteiger partial charge is 0.293 e. The molecule has 30 heavy (non-hydrogen) atoms. The second-order valence-corrected chi connectivity index (χ2v) is 7.75. The predicted octanol–water partition coefficient (Wildman–Crippen LogP) is 5.13. The second kappa shape index (κ2) is 9.51. The van der Waals surface area contributed by atoms with Crippen molar-refractivity contribution in [2.75, 3.05) is 6.54 Å². The van der Waals surface area contributed by atoms with Gasteiger partial charge in [-0.15, -0.1) is 0 Å². The van der Waals surface area contributed by atoms with Crippen LogP contribution in [-0.4, -0.2) is 26.0 Å². The van der Waals surface area contributed by atoms with Crippen molar-refractivity contribution in [1.82, 2.24) is 19.4 Å². The van der Waals surface area contributed by atoms with Gasteiger partial charge in [0.2, 0.25) is 5.95 Å². The summed E-state index contributed by atoms with van der Waals surface area (Å²) in [6.07, 6.45) is 3.08. The van der Waals surface area contributed by atoms with E-state index in [0.29, 0.717) is 0 Å². The van der Waals surface area contributed by atoms with Crippen molar-refractivity contribution in [2.24, 2.45) is 0 Å². The molecular weight excluding hydrogens is 368 g/mol. The van der Waals surface area contributed by atoms with Gasteiger partial charge in [-0.3, -0.25) is 9.47 Å². The van der Waals surface area contributed by atoms with Crippen LogP contribution < -0.4 is 0 Å². The first-order valence-corrected chi connectivity index (χ1v) is 10.5. The van der Waals surface area contributed by atoms with Gasteiger partial charge in [0.05, 0.1) is 0 Å². The Morgan fingerprint density at radius 3 is 2.03 bits per heavy atom. The zero-order valence-corrected chi connectivity index (χ0v) is 17.7. The van der Waals surface area contributed by atoms with E-state index in [2.05, 4.69) is 98.4 Å². The zero-order chi connectivity index (χ0) is 20.8. The fraction of sp³-hybridized carbons (Fsp3) is 0.231. The molecule has 0 aliphatic carbocycles. The summed E-state index contributed by atoms with van der Waals surface area (Å²) in [5.74, 6) is 0.746. The van der Waals surface area contributed by atoms with Gasteiger partial charge in [-0.2, -0.15) is 0 Å². The lowest BCUT2D eigenvalue weighted by Gasteiger charge is -2.23. The highest BCUT2D eigenvalue weighted by molar-refractivity contribution is 5.24. The first-order chi connectivity index (χ1) is 14.7. The zero-order valence-electron chi connectivity index (χ0n) is 17.7. The van der Waals surface area contributed by atoms with Gasteiger partial charge in [0.1, 0.15) is 0 Å². The number of rotatable bonds is 8. The lowest BCUT2D eigenvalue weighted by atomic mass is 10.1. The van der Waals surface area contributed by atoms with Crippen LogP contribution in [0.2, 0.25) is 0 Å². The molecule has 0 aliphatic rings. The van der Waals surface area contributed by atoms with Crippen LogP contribution in [0, 0.1) is 13.8 Å². The fourth-order valence-corrected chi connectivity index (χ4v) is 3.77. The van der Waals surface area contributed by atoms with Crippen LogP contribution in [0.15, 0.2) is 85.1 Å². The molecule has 4 aromatic rings. The van der Waals surface area contributed by atoms with Crippen LogP contribution in [0.5, 0.6) is 0 Å². The van der Waals surface area contributed by atoms with Crippen molar-refractivity contribution in [3.05, 3.63) is 113 Å². The first kappa shape index (κ1) is 20.0. The van der Waals surface area contributed by atoms with Gasteiger partial charge in [-0.1, -0.05) is 60.7 Å². The van der Waals surface area contributed by atoms with Gasteiger partial charge in [-0.05, 0) is 49.6 Å². The smallest absolute Gasteiger partial charge is 0.234 e. The van der Waals surface area contributed by atoms with Crippen LogP contribution in [0.25, 0.3) is 5.95 Å². The highest BCUT2D eigenvalue weighted by Gasteiger charge is 2.13. The summed E-state index contributed by atoms with van der Waals surface area (Å²) in [7, 11) is 0. The molecule has 2 aromatic carbocycles. The summed E-state index contributed by atoms with van der Waals surface area (Å²) in [4.78, 5) is 11.8. The lowest BCUT2D eigenvalue weighted by Crippen LogP contribution is -2.26. The van der Waals surface area contributed by atoms with E-state index in [1.807, 2.05) is 19.9 Å². The Kier molecular flexibility index (Phi) is 6.35. The number of hydrogen-bond donors (Lipinski definition) is 0. The quantitative estimate of drug-likeness (QED) is 0.414. The topological polar surface area (TPSA) is 34.0 Å². The van der Waals surface area contributed by atoms with Crippen molar-refractivity contribution >= 4 is 0 Å². The number of benzene rings is 2. The molecule has 0 spiro atoms. The highest BCUT2D eigenvalue weighted by Crippen LogP contribution is 2.16. The number of nitrogens with zero attached hydrogens (tertiary/aromatic N) is 4. The van der Waals surface area contributed by atoms with E-state index >= 15 is 0 Å². The van der Waals surface area contributed by atoms with Crippen molar-refractivity contribution in [3.8, 4) is 5.95 Å². The van der Waals surface area contributed by atoms with Gasteiger partial charge in [0.15, 0.2) is 0 Å². The van der Waals surface area contributed by atoms with Gasteiger partial charge < -0.3 is 0 Å². The van der Waals surface area contributed by atoms with E-state index in [-0.39, 0.29) is 0 Å². The van der Waals surface area contributed by atoms with E-state index < -0.39 is 0 Å². The van der Waals surface area contributed by atoms with Crippen LogP contribution in [-0.2, 0) is 19.5 Å². The maximum Gasteiger partial charge on any atom is 0.234 e. The Bertz CT molecular complexity index is 1050. The minimum atomic E-state index is 0.746. The Balaban J connectivity index is 1.56. The van der Waals surface area contributed by atoms with Crippen LogP contribution >= 0.6 is 0 Å². The van der Waals surface area contributed by atoms with Gasteiger partial charge in [0, 0.05) is 42.9 Å². The first-order valence-electron chi connectivity index (χ1n) is 10.5. The van der Waals surface area contributed by atoms with E-state index in [1.54, 1.807) is 0 Å². The molecule has 0 bridgehead atoms. The molecule has 0 N–H and O–H groups in total. The summed E-state index contributed by atoms with van der Waals surface area (Å²) in [5, 5.41) is 0. The molecule has 0 amide bonds.